The Labute approximate surface area is 140 Å². The van der Waals surface area contributed by atoms with E-state index < -0.39 is 11.9 Å². The number of hydrogen-bond donors (Lipinski definition) is 2. The van der Waals surface area contributed by atoms with E-state index in [9.17, 15) is 9.59 Å². The maximum absolute atomic E-state index is 11.5. The van der Waals surface area contributed by atoms with E-state index in [0.29, 0.717) is 10.7 Å². The van der Waals surface area contributed by atoms with E-state index in [-0.39, 0.29) is 11.7 Å². The maximum Gasteiger partial charge on any atom is 0.330 e. The minimum Gasteiger partial charge on any atom is -0.463 e. The van der Waals surface area contributed by atoms with E-state index >= 15 is 0 Å². The first-order valence-electron chi connectivity index (χ1n) is 5.84. The Morgan fingerprint density at radius 3 is 2.76 bits per heavy atom. The average molecular weight is 392 g/mol. The summed E-state index contributed by atoms with van der Waals surface area (Å²) in [5.74, 6) is -1.13. The van der Waals surface area contributed by atoms with Crippen LogP contribution < -0.4 is 10.6 Å². The third kappa shape index (κ3) is 6.70. The van der Waals surface area contributed by atoms with Gasteiger partial charge in [0.05, 0.1) is 11.6 Å². The maximum atomic E-state index is 11.5. The Hall–Kier alpha value is -1.44. The fourth-order valence-corrected chi connectivity index (χ4v) is 1.87. The Morgan fingerprint density at radius 2 is 2.14 bits per heavy atom. The molecule has 0 saturated carbocycles. The van der Waals surface area contributed by atoms with Gasteiger partial charge in [-0.05, 0) is 53.3 Å². The summed E-state index contributed by atoms with van der Waals surface area (Å²) in [5.41, 5.74) is 0.628. The van der Waals surface area contributed by atoms with E-state index in [4.69, 9.17) is 23.8 Å². The highest BCUT2D eigenvalue weighted by molar-refractivity contribution is 9.10. The molecule has 1 rings (SSSR count). The van der Waals surface area contributed by atoms with Gasteiger partial charge < -0.3 is 10.1 Å². The highest BCUT2D eigenvalue weighted by Crippen LogP contribution is 2.25. The van der Waals surface area contributed by atoms with Crippen molar-refractivity contribution in [2.45, 2.75) is 6.92 Å². The van der Waals surface area contributed by atoms with Crippen LogP contribution in [0.1, 0.15) is 6.92 Å². The van der Waals surface area contributed by atoms with E-state index in [0.717, 1.165) is 16.6 Å². The number of amides is 1. The molecule has 0 aliphatic rings. The molecular weight excluding hydrogens is 380 g/mol. The quantitative estimate of drug-likeness (QED) is 0.469. The van der Waals surface area contributed by atoms with Crippen molar-refractivity contribution in [2.24, 2.45) is 0 Å². The summed E-state index contributed by atoms with van der Waals surface area (Å²) in [5, 5.41) is 5.79. The van der Waals surface area contributed by atoms with Crippen LogP contribution >= 0.6 is 39.7 Å². The smallest absolute Gasteiger partial charge is 0.330 e. The minimum atomic E-state index is -0.591. The number of carbonyl (C=O) groups is 2. The molecule has 0 fully saturated rings. The molecule has 0 aliphatic carbocycles. The van der Waals surface area contributed by atoms with Crippen LogP contribution in [0.3, 0.4) is 0 Å². The van der Waals surface area contributed by atoms with Gasteiger partial charge >= 0.3 is 5.97 Å². The molecule has 5 nitrogen and oxygen atoms in total. The fourth-order valence-electron chi connectivity index (χ4n) is 1.22. The van der Waals surface area contributed by atoms with Crippen molar-refractivity contribution in [1.29, 1.82) is 0 Å². The van der Waals surface area contributed by atoms with Gasteiger partial charge in [0.25, 0.3) is 0 Å². The number of thiocarbonyl (C=S) groups is 1. The number of anilines is 1. The zero-order valence-corrected chi connectivity index (χ0v) is 14.1. The molecular formula is C13H12BrClN2O3S. The predicted octanol–water partition coefficient (Wildman–Crippen LogP) is 3.03. The lowest BCUT2D eigenvalue weighted by Crippen LogP contribution is -2.33. The summed E-state index contributed by atoms with van der Waals surface area (Å²) in [4.78, 5) is 22.5. The van der Waals surface area contributed by atoms with Crippen LogP contribution in [-0.2, 0) is 14.3 Å². The summed E-state index contributed by atoms with van der Waals surface area (Å²) in [6.45, 7) is 1.92. The van der Waals surface area contributed by atoms with Crippen molar-refractivity contribution in [3.05, 3.63) is 39.8 Å². The summed E-state index contributed by atoms with van der Waals surface area (Å²) in [6, 6.07) is 5.14. The number of halogens is 2. The van der Waals surface area contributed by atoms with Crippen LogP contribution in [0, 0.1) is 0 Å². The van der Waals surface area contributed by atoms with Gasteiger partial charge in [-0.2, -0.15) is 0 Å². The summed E-state index contributed by atoms with van der Waals surface area (Å²) in [7, 11) is 0. The van der Waals surface area contributed by atoms with Gasteiger partial charge in [0.2, 0.25) is 5.91 Å². The van der Waals surface area contributed by atoms with E-state index in [2.05, 4.69) is 31.3 Å². The number of rotatable bonds is 4. The summed E-state index contributed by atoms with van der Waals surface area (Å²) < 4.78 is 5.40. The Kier molecular flexibility index (Phi) is 7.35. The minimum absolute atomic E-state index is 0.0897. The van der Waals surface area contributed by atoms with Crippen LogP contribution in [0.15, 0.2) is 34.8 Å². The van der Waals surface area contributed by atoms with Crippen LogP contribution in [0.5, 0.6) is 0 Å². The highest BCUT2D eigenvalue weighted by atomic mass is 79.9. The zero-order valence-electron chi connectivity index (χ0n) is 11.0. The molecule has 0 aromatic heterocycles. The van der Waals surface area contributed by atoms with Crippen molar-refractivity contribution in [3.63, 3.8) is 0 Å². The molecule has 1 aromatic carbocycles. The van der Waals surface area contributed by atoms with Gasteiger partial charge in [0.15, 0.2) is 5.11 Å². The lowest BCUT2D eigenvalue weighted by atomic mass is 10.3. The predicted molar refractivity (Wildman–Crippen MR) is 89.3 cm³/mol. The highest BCUT2D eigenvalue weighted by Gasteiger charge is 2.04. The number of carbonyl (C=O) groups excluding carboxylic acids is 2. The Morgan fingerprint density at radius 1 is 1.43 bits per heavy atom. The van der Waals surface area contributed by atoms with Gasteiger partial charge in [0, 0.05) is 22.3 Å². The van der Waals surface area contributed by atoms with Gasteiger partial charge in [-0.25, -0.2) is 4.79 Å². The van der Waals surface area contributed by atoms with Crippen LogP contribution in [0.25, 0.3) is 0 Å². The molecule has 0 heterocycles. The van der Waals surface area contributed by atoms with Gasteiger partial charge in [-0.3, -0.25) is 10.1 Å². The molecule has 0 spiro atoms. The number of ether oxygens (including phenoxy) is 1. The van der Waals surface area contributed by atoms with Crippen molar-refractivity contribution in [1.82, 2.24) is 5.32 Å². The second-order valence-electron chi connectivity index (χ2n) is 3.66. The first-order valence-corrected chi connectivity index (χ1v) is 7.42. The van der Waals surface area contributed by atoms with Crippen LogP contribution in [0.2, 0.25) is 5.02 Å². The van der Waals surface area contributed by atoms with Crippen molar-refractivity contribution in [2.75, 3.05) is 11.9 Å². The second kappa shape index (κ2) is 8.76. The molecule has 0 radical (unpaired) electrons. The van der Waals surface area contributed by atoms with Crippen LogP contribution in [-0.4, -0.2) is 23.6 Å². The molecule has 0 saturated heterocycles. The molecule has 0 aliphatic heterocycles. The largest absolute Gasteiger partial charge is 0.463 e. The topological polar surface area (TPSA) is 67.4 Å². The van der Waals surface area contributed by atoms with E-state index in [1.165, 1.54) is 0 Å². The normalized spacial score (nSPS) is 10.2. The molecule has 8 heteroatoms. The Bertz CT molecular complexity index is 593. The molecule has 1 aromatic rings. The van der Waals surface area contributed by atoms with Gasteiger partial charge in [-0.15, -0.1) is 0 Å². The monoisotopic (exact) mass is 390 g/mol. The number of nitrogens with one attached hydrogen (secondary N) is 2. The first kappa shape index (κ1) is 17.6. The van der Waals surface area contributed by atoms with Crippen molar-refractivity contribution in [3.8, 4) is 0 Å². The Balaban J connectivity index is 2.51. The third-order valence-corrected chi connectivity index (χ3v) is 3.51. The third-order valence-electron chi connectivity index (χ3n) is 2.07. The number of esters is 1. The zero-order chi connectivity index (χ0) is 15.8. The molecule has 0 unspecified atom stereocenters. The summed E-state index contributed by atoms with van der Waals surface area (Å²) >= 11 is 14.2. The standard InChI is InChI=1S/C13H12BrClN2O3S/c1-2-20-12(19)6-5-11(18)17-13(21)16-8-3-4-9(14)10(15)7-8/h3-7H,2H2,1H3,(H2,16,17,18,21)/b6-5+. The van der Waals surface area contributed by atoms with E-state index in [1.807, 2.05) is 0 Å². The molecule has 0 bridgehead atoms. The lowest BCUT2D eigenvalue weighted by Gasteiger charge is -2.08. The second-order valence-corrected chi connectivity index (χ2v) is 5.33. The SMILES string of the molecule is CCOC(=O)/C=C/C(=O)NC(=S)Nc1ccc(Br)c(Cl)c1. The number of hydrogen-bond acceptors (Lipinski definition) is 4. The van der Waals surface area contributed by atoms with Crippen molar-refractivity contribution >= 4 is 62.4 Å². The van der Waals surface area contributed by atoms with Crippen molar-refractivity contribution < 1.29 is 14.3 Å². The molecule has 112 valence electrons. The van der Waals surface area contributed by atoms with Gasteiger partial charge in [-0.1, -0.05) is 11.6 Å². The van der Waals surface area contributed by atoms with Crippen LogP contribution in [0.4, 0.5) is 5.69 Å². The number of benzene rings is 1. The first-order chi connectivity index (χ1) is 9.92. The molecule has 0 atom stereocenters. The molecule has 21 heavy (non-hydrogen) atoms. The van der Waals surface area contributed by atoms with E-state index in [1.54, 1.807) is 25.1 Å². The molecule has 2 N–H and O–H groups in total. The summed E-state index contributed by atoms with van der Waals surface area (Å²) in [6.07, 6.45) is 2.07. The molecule has 1 amide bonds. The average Bonchev–Trinajstić information content (AvgIpc) is 2.41. The van der Waals surface area contributed by atoms with Gasteiger partial charge in [0.1, 0.15) is 0 Å². The lowest BCUT2D eigenvalue weighted by molar-refractivity contribution is -0.137. The fraction of sp³-hybridized carbons (Fsp3) is 0.154.